The molecule has 0 radical (unpaired) electrons. The minimum absolute atomic E-state index is 0.0649. The van der Waals surface area contributed by atoms with E-state index in [1.165, 1.54) is 16.7 Å². The van der Waals surface area contributed by atoms with Crippen molar-refractivity contribution in [1.82, 2.24) is 15.1 Å². The van der Waals surface area contributed by atoms with Crippen LogP contribution in [0.4, 0.5) is 0 Å². The highest BCUT2D eigenvalue weighted by Crippen LogP contribution is 2.12. The Balaban J connectivity index is 1.46. The van der Waals surface area contributed by atoms with Gasteiger partial charge in [-0.15, -0.1) is 0 Å². The quantitative estimate of drug-likeness (QED) is 0.659. The minimum Gasteiger partial charge on any atom is -0.352 e. The predicted octanol–water partition coefficient (Wildman–Crippen LogP) is 3.91. The molecule has 0 fully saturated rings. The molecule has 0 spiro atoms. The minimum atomic E-state index is -0.0649. The van der Waals surface area contributed by atoms with Crippen molar-refractivity contribution in [1.29, 1.82) is 0 Å². The number of nitrogens with one attached hydrogen (secondary N) is 1. The van der Waals surface area contributed by atoms with E-state index in [1.54, 1.807) is 17.1 Å². The van der Waals surface area contributed by atoms with E-state index in [0.29, 0.717) is 18.7 Å². The second kappa shape index (κ2) is 8.48. The highest BCUT2D eigenvalue weighted by atomic mass is 16.1. The van der Waals surface area contributed by atoms with Crippen LogP contribution >= 0.6 is 0 Å². The fourth-order valence-corrected chi connectivity index (χ4v) is 3.05. The second-order valence-corrected chi connectivity index (χ2v) is 6.70. The molecule has 0 saturated carbocycles. The molecule has 4 nitrogen and oxygen atoms in total. The Bertz CT molecular complexity index is 868. The first-order valence-electron chi connectivity index (χ1n) is 9.02. The average molecular weight is 347 g/mol. The largest absolute Gasteiger partial charge is 0.352 e. The molecule has 0 unspecified atom stereocenters. The number of rotatable bonds is 7. The Labute approximate surface area is 154 Å². The van der Waals surface area contributed by atoms with E-state index in [4.69, 9.17) is 0 Å². The van der Waals surface area contributed by atoms with Crippen LogP contribution < -0.4 is 5.32 Å². The lowest BCUT2D eigenvalue weighted by atomic mass is 10.0. The van der Waals surface area contributed by atoms with Crippen LogP contribution in [0.3, 0.4) is 0 Å². The normalized spacial score (nSPS) is 10.7. The Morgan fingerprint density at radius 1 is 1.12 bits per heavy atom. The van der Waals surface area contributed by atoms with Gasteiger partial charge in [0.2, 0.25) is 0 Å². The molecule has 0 aliphatic heterocycles. The fourth-order valence-electron chi connectivity index (χ4n) is 3.05. The lowest BCUT2D eigenvalue weighted by Gasteiger charge is -2.07. The second-order valence-electron chi connectivity index (χ2n) is 6.70. The summed E-state index contributed by atoms with van der Waals surface area (Å²) < 4.78 is 1.79. The average Bonchev–Trinajstić information content (AvgIpc) is 3.09. The summed E-state index contributed by atoms with van der Waals surface area (Å²) in [7, 11) is 0. The molecule has 0 bridgehead atoms. The van der Waals surface area contributed by atoms with Crippen molar-refractivity contribution in [2.45, 2.75) is 33.2 Å². The summed E-state index contributed by atoms with van der Waals surface area (Å²) >= 11 is 0. The SMILES string of the molecule is Cc1ccc(CCCNC(=O)c2cnn(Cc3ccccc3)c2)c(C)c1. The third kappa shape index (κ3) is 4.82. The van der Waals surface area contributed by atoms with E-state index in [-0.39, 0.29) is 5.91 Å². The van der Waals surface area contributed by atoms with Crippen molar-refractivity contribution in [3.63, 3.8) is 0 Å². The van der Waals surface area contributed by atoms with Crippen LogP contribution in [0, 0.1) is 13.8 Å². The molecule has 2 aromatic carbocycles. The number of benzene rings is 2. The van der Waals surface area contributed by atoms with Crippen LogP contribution in [0.25, 0.3) is 0 Å². The molecular formula is C22H25N3O. The molecule has 0 atom stereocenters. The van der Waals surface area contributed by atoms with E-state index in [1.807, 2.05) is 18.2 Å². The first-order chi connectivity index (χ1) is 12.6. The van der Waals surface area contributed by atoms with Crippen molar-refractivity contribution in [3.8, 4) is 0 Å². The molecule has 134 valence electrons. The first kappa shape index (κ1) is 17.9. The van der Waals surface area contributed by atoms with Gasteiger partial charge in [-0.3, -0.25) is 9.48 Å². The van der Waals surface area contributed by atoms with Gasteiger partial charge in [-0.2, -0.15) is 5.10 Å². The molecule has 1 amide bonds. The van der Waals surface area contributed by atoms with Crippen LogP contribution in [0.2, 0.25) is 0 Å². The van der Waals surface area contributed by atoms with E-state index in [2.05, 4.69) is 54.6 Å². The lowest BCUT2D eigenvalue weighted by molar-refractivity contribution is 0.0953. The number of nitrogens with zero attached hydrogens (tertiary/aromatic N) is 2. The number of aromatic nitrogens is 2. The maximum absolute atomic E-state index is 12.3. The molecule has 1 N–H and O–H groups in total. The molecule has 4 heteroatoms. The number of aryl methyl sites for hydroxylation is 3. The molecule has 26 heavy (non-hydrogen) atoms. The van der Waals surface area contributed by atoms with Crippen LogP contribution in [-0.2, 0) is 13.0 Å². The van der Waals surface area contributed by atoms with Crippen LogP contribution in [0.5, 0.6) is 0 Å². The molecule has 0 aliphatic rings. The maximum atomic E-state index is 12.3. The lowest BCUT2D eigenvalue weighted by Crippen LogP contribution is -2.24. The van der Waals surface area contributed by atoms with Gasteiger partial charge in [0.05, 0.1) is 18.3 Å². The van der Waals surface area contributed by atoms with Crippen molar-refractivity contribution in [2.24, 2.45) is 0 Å². The maximum Gasteiger partial charge on any atom is 0.254 e. The number of carbonyl (C=O) groups is 1. The number of hydrogen-bond donors (Lipinski definition) is 1. The van der Waals surface area contributed by atoms with Crippen molar-refractivity contribution >= 4 is 5.91 Å². The smallest absolute Gasteiger partial charge is 0.254 e. The van der Waals surface area contributed by atoms with Gasteiger partial charge >= 0.3 is 0 Å². The summed E-state index contributed by atoms with van der Waals surface area (Å²) in [6.07, 6.45) is 5.32. The summed E-state index contributed by atoms with van der Waals surface area (Å²) in [5.74, 6) is -0.0649. The van der Waals surface area contributed by atoms with E-state index < -0.39 is 0 Å². The summed E-state index contributed by atoms with van der Waals surface area (Å²) in [5, 5.41) is 7.27. The van der Waals surface area contributed by atoms with Crippen LogP contribution in [-0.4, -0.2) is 22.2 Å². The first-order valence-corrected chi connectivity index (χ1v) is 9.02. The van der Waals surface area contributed by atoms with Gasteiger partial charge in [-0.1, -0.05) is 54.1 Å². The van der Waals surface area contributed by atoms with Gasteiger partial charge < -0.3 is 5.32 Å². The topological polar surface area (TPSA) is 46.9 Å². The van der Waals surface area contributed by atoms with Crippen molar-refractivity contribution in [3.05, 3.63) is 88.7 Å². The van der Waals surface area contributed by atoms with Gasteiger partial charge in [-0.05, 0) is 43.4 Å². The molecular weight excluding hydrogens is 322 g/mol. The summed E-state index contributed by atoms with van der Waals surface area (Å²) in [6, 6.07) is 16.6. The number of hydrogen-bond acceptors (Lipinski definition) is 2. The summed E-state index contributed by atoms with van der Waals surface area (Å²) in [4.78, 5) is 12.3. The third-order valence-electron chi connectivity index (χ3n) is 4.49. The molecule has 3 rings (SSSR count). The van der Waals surface area contributed by atoms with E-state index >= 15 is 0 Å². The molecule has 3 aromatic rings. The molecule has 0 aliphatic carbocycles. The molecule has 0 saturated heterocycles. The standard InChI is InChI=1S/C22H25N3O/c1-17-10-11-20(18(2)13-17)9-6-12-23-22(26)21-14-24-25(16-21)15-19-7-4-3-5-8-19/h3-5,7-8,10-11,13-14,16H,6,9,12,15H2,1-2H3,(H,23,26). The predicted molar refractivity (Wildman–Crippen MR) is 104 cm³/mol. The number of carbonyl (C=O) groups excluding carboxylic acids is 1. The highest BCUT2D eigenvalue weighted by molar-refractivity contribution is 5.93. The van der Waals surface area contributed by atoms with Crippen LogP contribution in [0.15, 0.2) is 60.9 Å². The van der Waals surface area contributed by atoms with Gasteiger partial charge in [0.25, 0.3) is 5.91 Å². The zero-order valence-electron chi connectivity index (χ0n) is 15.4. The monoisotopic (exact) mass is 347 g/mol. The van der Waals surface area contributed by atoms with E-state index in [0.717, 1.165) is 18.4 Å². The van der Waals surface area contributed by atoms with Crippen LogP contribution in [0.1, 0.15) is 39.0 Å². The Kier molecular flexibility index (Phi) is 5.84. The summed E-state index contributed by atoms with van der Waals surface area (Å²) in [6.45, 7) is 5.58. The molecule has 1 aromatic heterocycles. The zero-order chi connectivity index (χ0) is 18.4. The Morgan fingerprint density at radius 2 is 1.92 bits per heavy atom. The Hall–Kier alpha value is -2.88. The zero-order valence-corrected chi connectivity index (χ0v) is 15.4. The fraction of sp³-hybridized carbons (Fsp3) is 0.273. The molecule has 1 heterocycles. The number of amides is 1. The van der Waals surface area contributed by atoms with Gasteiger partial charge in [0.1, 0.15) is 0 Å². The highest BCUT2D eigenvalue weighted by Gasteiger charge is 2.08. The van der Waals surface area contributed by atoms with Gasteiger partial charge in [-0.25, -0.2) is 0 Å². The van der Waals surface area contributed by atoms with Crippen molar-refractivity contribution in [2.75, 3.05) is 6.54 Å². The summed E-state index contributed by atoms with van der Waals surface area (Å²) in [5.41, 5.74) is 5.72. The van der Waals surface area contributed by atoms with Gasteiger partial charge in [0.15, 0.2) is 0 Å². The van der Waals surface area contributed by atoms with E-state index in [9.17, 15) is 4.79 Å². The Morgan fingerprint density at radius 3 is 2.69 bits per heavy atom. The third-order valence-corrected chi connectivity index (χ3v) is 4.49. The van der Waals surface area contributed by atoms with Gasteiger partial charge in [0, 0.05) is 12.7 Å². The van der Waals surface area contributed by atoms with Crippen molar-refractivity contribution < 1.29 is 4.79 Å².